The van der Waals surface area contributed by atoms with Gasteiger partial charge in [-0.25, -0.2) is 4.98 Å². The molecule has 0 aliphatic heterocycles. The second-order valence-corrected chi connectivity index (χ2v) is 2.89. The highest BCUT2D eigenvalue weighted by Gasteiger charge is 2.16. The third-order valence-electron chi connectivity index (χ3n) is 1.45. The molecule has 0 atom stereocenters. The molecule has 7 heteroatoms. The lowest BCUT2D eigenvalue weighted by atomic mass is 10.2. The molecule has 0 radical (unpaired) electrons. The predicted octanol–water partition coefficient (Wildman–Crippen LogP) is 0.671. The normalized spacial score (nSPS) is 9.79. The number of primary amides is 1. The van der Waals surface area contributed by atoms with E-state index >= 15 is 0 Å². The van der Waals surface area contributed by atoms with Crippen molar-refractivity contribution in [3.8, 4) is 0 Å². The zero-order valence-electron chi connectivity index (χ0n) is 6.94. The van der Waals surface area contributed by atoms with Crippen LogP contribution in [0.3, 0.4) is 0 Å². The zero-order chi connectivity index (χ0) is 10.7. The molecule has 6 nitrogen and oxygen atoms in total. The van der Waals surface area contributed by atoms with Gasteiger partial charge in [-0.3, -0.25) is 14.9 Å². The van der Waals surface area contributed by atoms with E-state index in [9.17, 15) is 14.9 Å². The number of hydrogen-bond donors (Lipinski definition) is 1. The molecule has 74 valence electrons. The summed E-state index contributed by atoms with van der Waals surface area (Å²) in [5.41, 5.74) is 4.62. The highest BCUT2D eigenvalue weighted by Crippen LogP contribution is 2.19. The Hall–Kier alpha value is -1.69. The van der Waals surface area contributed by atoms with Gasteiger partial charge in [0, 0.05) is 6.07 Å². The number of rotatable bonds is 3. The van der Waals surface area contributed by atoms with Crippen LogP contribution in [-0.4, -0.2) is 15.8 Å². The maximum atomic E-state index is 10.6. The van der Waals surface area contributed by atoms with Gasteiger partial charge in [0.15, 0.2) is 0 Å². The quantitative estimate of drug-likeness (QED) is 0.455. The van der Waals surface area contributed by atoms with E-state index in [4.69, 9.17) is 17.3 Å². The molecule has 1 amide bonds. The summed E-state index contributed by atoms with van der Waals surface area (Å²) in [4.78, 5) is 24.1. The number of nitrogens with two attached hydrogens (primary N) is 1. The Bertz CT molecular complexity index is 394. The van der Waals surface area contributed by atoms with Crippen LogP contribution in [0, 0.1) is 10.1 Å². The van der Waals surface area contributed by atoms with Crippen LogP contribution in [-0.2, 0) is 11.2 Å². The van der Waals surface area contributed by atoms with Crippen LogP contribution in [0.15, 0.2) is 12.1 Å². The summed E-state index contributed by atoms with van der Waals surface area (Å²) in [5, 5.41) is 10.6. The fourth-order valence-electron chi connectivity index (χ4n) is 0.929. The first-order valence-corrected chi connectivity index (χ1v) is 3.96. The summed E-state index contributed by atoms with van der Waals surface area (Å²) < 4.78 is 0. The van der Waals surface area contributed by atoms with Gasteiger partial charge >= 0.3 is 0 Å². The lowest BCUT2D eigenvalue weighted by molar-refractivity contribution is -0.385. The van der Waals surface area contributed by atoms with Crippen molar-refractivity contribution in [3.63, 3.8) is 0 Å². The van der Waals surface area contributed by atoms with E-state index in [2.05, 4.69) is 4.98 Å². The highest BCUT2D eigenvalue weighted by molar-refractivity contribution is 6.29. The summed E-state index contributed by atoms with van der Waals surface area (Å²) in [6.07, 6.45) is -0.295. The zero-order valence-corrected chi connectivity index (χ0v) is 7.69. The van der Waals surface area contributed by atoms with Gasteiger partial charge in [0.1, 0.15) is 10.8 Å². The molecule has 0 aliphatic carbocycles. The van der Waals surface area contributed by atoms with E-state index in [-0.39, 0.29) is 23.0 Å². The smallest absolute Gasteiger partial charge is 0.291 e. The van der Waals surface area contributed by atoms with Gasteiger partial charge in [0.05, 0.1) is 11.3 Å². The molecule has 0 saturated heterocycles. The second kappa shape index (κ2) is 4.01. The number of carbonyl (C=O) groups excluding carboxylic acids is 1. The van der Waals surface area contributed by atoms with Gasteiger partial charge in [0.2, 0.25) is 5.91 Å². The Kier molecular flexibility index (Phi) is 2.98. The van der Waals surface area contributed by atoms with Crippen LogP contribution in [0.25, 0.3) is 0 Å². The number of carbonyl (C=O) groups is 1. The summed E-state index contributed by atoms with van der Waals surface area (Å²) in [7, 11) is 0. The van der Waals surface area contributed by atoms with Crippen molar-refractivity contribution in [1.82, 2.24) is 4.98 Å². The maximum absolute atomic E-state index is 10.6. The average Bonchev–Trinajstić information content (AvgIpc) is 2.01. The van der Waals surface area contributed by atoms with E-state index in [1.54, 1.807) is 0 Å². The molecule has 0 fully saturated rings. The van der Waals surface area contributed by atoms with E-state index < -0.39 is 10.8 Å². The Morgan fingerprint density at radius 3 is 2.79 bits per heavy atom. The van der Waals surface area contributed by atoms with Crippen molar-refractivity contribution in [3.05, 3.63) is 33.1 Å². The minimum atomic E-state index is -0.692. The van der Waals surface area contributed by atoms with Gasteiger partial charge in [-0.1, -0.05) is 11.6 Å². The van der Waals surface area contributed by atoms with Crippen LogP contribution in [0.5, 0.6) is 0 Å². The number of pyridine rings is 1. The third kappa shape index (κ3) is 2.40. The molecule has 1 rings (SSSR count). The first-order valence-electron chi connectivity index (χ1n) is 3.59. The fraction of sp³-hybridized carbons (Fsp3) is 0.143. The third-order valence-corrected chi connectivity index (χ3v) is 1.67. The van der Waals surface area contributed by atoms with Gasteiger partial charge in [-0.2, -0.15) is 0 Å². The summed E-state index contributed by atoms with van der Waals surface area (Å²) in [6, 6.07) is 2.47. The monoisotopic (exact) mass is 215 g/mol. The number of hydrogen-bond acceptors (Lipinski definition) is 4. The van der Waals surface area contributed by atoms with Crippen molar-refractivity contribution in [1.29, 1.82) is 0 Å². The lowest BCUT2D eigenvalue weighted by Gasteiger charge is -1.99. The number of nitro groups is 1. The van der Waals surface area contributed by atoms with E-state index in [1.807, 2.05) is 0 Å². The van der Waals surface area contributed by atoms with Crippen LogP contribution < -0.4 is 5.73 Å². The Labute approximate surface area is 83.8 Å². The van der Waals surface area contributed by atoms with E-state index in [1.165, 1.54) is 12.1 Å². The van der Waals surface area contributed by atoms with Crippen molar-refractivity contribution in [2.24, 2.45) is 5.73 Å². The number of aromatic nitrogens is 1. The first-order chi connectivity index (χ1) is 6.50. The van der Waals surface area contributed by atoms with Gasteiger partial charge in [-0.15, -0.1) is 0 Å². The largest absolute Gasteiger partial charge is 0.369 e. The molecule has 0 aliphatic rings. The summed E-state index contributed by atoms with van der Waals surface area (Å²) in [6.45, 7) is 0. The molecule has 0 spiro atoms. The van der Waals surface area contributed by atoms with E-state index in [0.717, 1.165) is 0 Å². The van der Waals surface area contributed by atoms with E-state index in [0.29, 0.717) is 0 Å². The van der Waals surface area contributed by atoms with Crippen LogP contribution >= 0.6 is 11.6 Å². The van der Waals surface area contributed by atoms with Crippen LogP contribution in [0.1, 0.15) is 5.69 Å². The summed E-state index contributed by atoms with van der Waals surface area (Å²) >= 11 is 5.52. The van der Waals surface area contributed by atoms with Gasteiger partial charge in [0.25, 0.3) is 5.69 Å². The van der Waals surface area contributed by atoms with Gasteiger partial charge in [-0.05, 0) is 6.07 Å². The van der Waals surface area contributed by atoms with Crippen LogP contribution in [0.4, 0.5) is 5.69 Å². The molecule has 2 N–H and O–H groups in total. The maximum Gasteiger partial charge on any atom is 0.291 e. The standard InChI is InChI=1S/C7H6ClN3O3/c8-6-2-1-5(11(13)14)4(10-6)3-7(9)12/h1-2H,3H2,(H2,9,12). The second-order valence-electron chi connectivity index (χ2n) is 2.50. The van der Waals surface area contributed by atoms with Crippen LogP contribution in [0.2, 0.25) is 5.15 Å². The topological polar surface area (TPSA) is 99.1 Å². The molecule has 0 unspecified atom stereocenters. The fourth-order valence-corrected chi connectivity index (χ4v) is 1.09. The molecule has 0 aromatic carbocycles. The molecular weight excluding hydrogens is 210 g/mol. The number of nitrogens with zero attached hydrogens (tertiary/aromatic N) is 2. The molecular formula is C7H6ClN3O3. The molecule has 0 saturated carbocycles. The Morgan fingerprint density at radius 2 is 2.29 bits per heavy atom. The minimum absolute atomic E-state index is 0.0185. The first kappa shape index (κ1) is 10.4. The van der Waals surface area contributed by atoms with Crippen molar-refractivity contribution in [2.75, 3.05) is 0 Å². The molecule has 14 heavy (non-hydrogen) atoms. The van der Waals surface area contributed by atoms with Gasteiger partial charge < -0.3 is 5.73 Å². The molecule has 1 aromatic heterocycles. The van der Waals surface area contributed by atoms with Crippen molar-refractivity contribution in [2.45, 2.75) is 6.42 Å². The van der Waals surface area contributed by atoms with Crippen molar-refractivity contribution >= 4 is 23.2 Å². The Morgan fingerprint density at radius 1 is 1.64 bits per heavy atom. The highest BCUT2D eigenvalue weighted by atomic mass is 35.5. The Balaban J connectivity index is 3.15. The number of halogens is 1. The number of amides is 1. The minimum Gasteiger partial charge on any atom is -0.369 e. The average molecular weight is 216 g/mol. The lowest BCUT2D eigenvalue weighted by Crippen LogP contribution is -2.15. The summed E-state index contributed by atoms with van der Waals surface area (Å²) in [5.74, 6) is -0.692. The molecule has 1 heterocycles. The molecule has 1 aromatic rings. The van der Waals surface area contributed by atoms with Crippen molar-refractivity contribution < 1.29 is 9.72 Å². The SMILES string of the molecule is NC(=O)Cc1nc(Cl)ccc1[N+](=O)[O-]. The molecule has 0 bridgehead atoms. The predicted molar refractivity (Wildman–Crippen MR) is 48.8 cm³/mol.